The van der Waals surface area contributed by atoms with Crippen molar-refractivity contribution in [1.29, 1.82) is 0 Å². The van der Waals surface area contributed by atoms with Crippen molar-refractivity contribution in [3.63, 3.8) is 0 Å². The quantitative estimate of drug-likeness (QED) is 0.515. The summed E-state index contributed by atoms with van der Waals surface area (Å²) >= 11 is 0. The predicted octanol–water partition coefficient (Wildman–Crippen LogP) is 2.44. The van der Waals surface area contributed by atoms with Crippen molar-refractivity contribution < 1.29 is 4.74 Å². The number of hydrogen-bond acceptors (Lipinski definition) is 1. The van der Waals surface area contributed by atoms with Crippen molar-refractivity contribution in [2.24, 2.45) is 0 Å². The van der Waals surface area contributed by atoms with Crippen LogP contribution in [0.2, 0.25) is 0 Å². The van der Waals surface area contributed by atoms with Crippen molar-refractivity contribution in [1.82, 2.24) is 0 Å². The first-order valence-corrected chi connectivity index (χ1v) is 4.07. The van der Waals surface area contributed by atoms with Crippen LogP contribution >= 0.6 is 0 Å². The molecule has 0 radical (unpaired) electrons. The van der Waals surface area contributed by atoms with Gasteiger partial charge in [-0.25, -0.2) is 0 Å². The van der Waals surface area contributed by atoms with E-state index in [0.29, 0.717) is 0 Å². The molecule has 2 aliphatic rings. The Morgan fingerprint density at radius 1 is 1.09 bits per heavy atom. The third kappa shape index (κ3) is 0.646. The summed E-state index contributed by atoms with van der Waals surface area (Å²) in [5.41, 5.74) is 2.02. The normalized spacial score (nSPS) is 48.9. The van der Waals surface area contributed by atoms with Gasteiger partial charge in [0.25, 0.3) is 0 Å². The molecule has 1 nitrogen and oxygen atoms in total. The molecule has 2 rings (SSSR count). The average Bonchev–Trinajstić information content (AvgIpc) is 2.32. The molecule has 2 unspecified atom stereocenters. The maximum absolute atomic E-state index is 5.87. The van der Waals surface area contributed by atoms with Crippen molar-refractivity contribution in [3.05, 3.63) is 24.3 Å². The first-order chi connectivity index (χ1) is 4.98. The molecule has 2 aliphatic heterocycles. The van der Waals surface area contributed by atoms with Crippen LogP contribution in [0.3, 0.4) is 0 Å². The SMILES string of the molecule is C=C1C(=C)C2(C)CCC1(C)O2. The van der Waals surface area contributed by atoms with Crippen LogP contribution in [0.1, 0.15) is 26.7 Å². The molecular weight excluding hydrogens is 136 g/mol. The highest BCUT2D eigenvalue weighted by Crippen LogP contribution is 2.55. The molecule has 0 aliphatic carbocycles. The van der Waals surface area contributed by atoms with Gasteiger partial charge in [0, 0.05) is 0 Å². The molecule has 11 heavy (non-hydrogen) atoms. The molecule has 0 aromatic heterocycles. The summed E-state index contributed by atoms with van der Waals surface area (Å²) in [4.78, 5) is 0. The second-order valence-corrected chi connectivity index (χ2v) is 4.02. The third-order valence-corrected chi connectivity index (χ3v) is 3.17. The highest BCUT2D eigenvalue weighted by atomic mass is 16.5. The number of ether oxygens (including phenoxy) is 1. The minimum Gasteiger partial charge on any atom is -0.360 e. The molecular formula is C10H14O. The zero-order chi connectivity index (χ0) is 8.28. The lowest BCUT2D eigenvalue weighted by molar-refractivity contribution is -0.00754. The molecule has 2 atom stereocenters. The Kier molecular flexibility index (Phi) is 1.04. The topological polar surface area (TPSA) is 9.23 Å². The van der Waals surface area contributed by atoms with Crippen LogP contribution in [0.15, 0.2) is 24.3 Å². The largest absolute Gasteiger partial charge is 0.360 e. The molecule has 1 heteroatoms. The third-order valence-electron chi connectivity index (χ3n) is 3.17. The van der Waals surface area contributed by atoms with Crippen LogP contribution in [0.4, 0.5) is 0 Å². The number of hydrogen-bond donors (Lipinski definition) is 0. The van der Waals surface area contributed by atoms with Gasteiger partial charge in [0.2, 0.25) is 0 Å². The van der Waals surface area contributed by atoms with E-state index in [1.54, 1.807) is 0 Å². The van der Waals surface area contributed by atoms with Crippen molar-refractivity contribution in [2.75, 3.05) is 0 Å². The monoisotopic (exact) mass is 150 g/mol. The smallest absolute Gasteiger partial charge is 0.0914 e. The van der Waals surface area contributed by atoms with E-state index < -0.39 is 0 Å². The molecule has 0 N–H and O–H groups in total. The lowest BCUT2D eigenvalue weighted by Crippen LogP contribution is -2.22. The van der Waals surface area contributed by atoms with Gasteiger partial charge < -0.3 is 4.74 Å². The van der Waals surface area contributed by atoms with Gasteiger partial charge in [-0.3, -0.25) is 0 Å². The molecule has 0 aromatic carbocycles. The van der Waals surface area contributed by atoms with Gasteiger partial charge >= 0.3 is 0 Å². The number of rotatable bonds is 0. The summed E-state index contributed by atoms with van der Waals surface area (Å²) in [7, 11) is 0. The highest BCUT2D eigenvalue weighted by Gasteiger charge is 2.55. The molecule has 2 saturated heterocycles. The Bertz CT molecular complexity index is 228. The van der Waals surface area contributed by atoms with Gasteiger partial charge in [-0.15, -0.1) is 0 Å². The van der Waals surface area contributed by atoms with Crippen LogP contribution in [-0.2, 0) is 4.74 Å². The van der Waals surface area contributed by atoms with Gasteiger partial charge in [0.1, 0.15) is 0 Å². The average molecular weight is 150 g/mol. The zero-order valence-electron chi connectivity index (χ0n) is 7.24. The summed E-state index contributed by atoms with van der Waals surface area (Å²) in [5, 5.41) is 0. The number of fused-ring (bicyclic) bond motifs is 2. The Hall–Kier alpha value is -0.560. The molecule has 2 bridgehead atoms. The Morgan fingerprint density at radius 3 is 1.64 bits per heavy atom. The van der Waals surface area contributed by atoms with E-state index in [1.165, 1.54) is 0 Å². The van der Waals surface area contributed by atoms with Crippen LogP contribution in [-0.4, -0.2) is 11.2 Å². The fourth-order valence-electron chi connectivity index (χ4n) is 2.14. The lowest BCUT2D eigenvalue weighted by atomic mass is 9.77. The van der Waals surface area contributed by atoms with Gasteiger partial charge in [-0.1, -0.05) is 13.2 Å². The first kappa shape index (κ1) is 7.11. The Balaban J connectivity index is 2.50. The van der Waals surface area contributed by atoms with E-state index in [0.717, 1.165) is 24.0 Å². The highest BCUT2D eigenvalue weighted by molar-refractivity contribution is 5.47. The van der Waals surface area contributed by atoms with Crippen LogP contribution < -0.4 is 0 Å². The second kappa shape index (κ2) is 1.61. The standard InChI is InChI=1S/C10H14O/c1-7-8(2)10(4)6-5-9(7,3)11-10/h1-2,5-6H2,3-4H3. The fraction of sp³-hybridized carbons (Fsp3) is 0.600. The van der Waals surface area contributed by atoms with E-state index in [2.05, 4.69) is 27.0 Å². The van der Waals surface area contributed by atoms with Gasteiger partial charge in [0.15, 0.2) is 0 Å². The van der Waals surface area contributed by atoms with Gasteiger partial charge in [-0.2, -0.15) is 0 Å². The summed E-state index contributed by atoms with van der Waals surface area (Å²) in [5.74, 6) is 0. The van der Waals surface area contributed by atoms with E-state index in [-0.39, 0.29) is 11.2 Å². The predicted molar refractivity (Wildman–Crippen MR) is 45.4 cm³/mol. The summed E-state index contributed by atoms with van der Waals surface area (Å²) in [6, 6.07) is 0. The van der Waals surface area contributed by atoms with E-state index in [9.17, 15) is 0 Å². The molecule has 0 saturated carbocycles. The molecule has 60 valence electrons. The van der Waals surface area contributed by atoms with Crippen molar-refractivity contribution in [3.8, 4) is 0 Å². The Morgan fingerprint density at radius 2 is 1.45 bits per heavy atom. The van der Waals surface area contributed by atoms with E-state index in [1.807, 2.05) is 0 Å². The molecule has 2 fully saturated rings. The maximum atomic E-state index is 5.87. The molecule has 2 heterocycles. The van der Waals surface area contributed by atoms with Crippen LogP contribution in [0.25, 0.3) is 0 Å². The van der Waals surface area contributed by atoms with Crippen molar-refractivity contribution >= 4 is 0 Å². The molecule has 0 amide bonds. The maximum Gasteiger partial charge on any atom is 0.0914 e. The van der Waals surface area contributed by atoms with Crippen LogP contribution in [0.5, 0.6) is 0 Å². The van der Waals surface area contributed by atoms with E-state index >= 15 is 0 Å². The first-order valence-electron chi connectivity index (χ1n) is 4.07. The zero-order valence-corrected chi connectivity index (χ0v) is 7.24. The van der Waals surface area contributed by atoms with Crippen LogP contribution in [0, 0.1) is 0 Å². The van der Waals surface area contributed by atoms with Gasteiger partial charge in [-0.05, 0) is 37.8 Å². The summed E-state index contributed by atoms with van der Waals surface area (Å²) in [6.45, 7) is 12.2. The molecule has 0 spiro atoms. The minimum absolute atomic E-state index is 0.0914. The second-order valence-electron chi connectivity index (χ2n) is 4.02. The summed E-state index contributed by atoms with van der Waals surface area (Å²) < 4.78 is 5.87. The van der Waals surface area contributed by atoms with E-state index in [4.69, 9.17) is 4.74 Å². The Labute approximate surface area is 67.7 Å². The molecule has 0 aromatic rings. The van der Waals surface area contributed by atoms with Crippen molar-refractivity contribution in [2.45, 2.75) is 37.9 Å². The lowest BCUT2D eigenvalue weighted by Gasteiger charge is -2.22. The fourth-order valence-corrected chi connectivity index (χ4v) is 2.14. The minimum atomic E-state index is -0.0914. The summed E-state index contributed by atoms with van der Waals surface area (Å²) in [6.07, 6.45) is 2.20. The van der Waals surface area contributed by atoms with Gasteiger partial charge in [0.05, 0.1) is 11.2 Å².